The number of rotatable bonds is 7. The summed E-state index contributed by atoms with van der Waals surface area (Å²) in [6.07, 6.45) is -4.26. The van der Waals surface area contributed by atoms with Crippen LogP contribution in [0.15, 0.2) is 33.9 Å². The predicted molar refractivity (Wildman–Crippen MR) is 114 cm³/mol. The number of nitrogen functional groups attached to an aromatic ring is 1. The average Bonchev–Trinajstić information content (AvgIpc) is 2.75. The van der Waals surface area contributed by atoms with Gasteiger partial charge < -0.3 is 25.4 Å². The number of hydrogen-bond acceptors (Lipinski definition) is 7. The number of amides is 1. The van der Waals surface area contributed by atoms with Crippen molar-refractivity contribution in [3.8, 4) is 5.75 Å². The van der Waals surface area contributed by atoms with Gasteiger partial charge in [-0.25, -0.2) is 9.36 Å². The third-order valence-corrected chi connectivity index (χ3v) is 4.89. The topological polar surface area (TPSA) is 121 Å². The van der Waals surface area contributed by atoms with Crippen molar-refractivity contribution >= 4 is 23.1 Å². The number of aromatic nitrogens is 2. The third-order valence-electron chi connectivity index (χ3n) is 4.89. The molecule has 10 nitrogen and oxygen atoms in total. The Bertz CT molecular complexity index is 1110. The Hall–Kier alpha value is -3.48. The van der Waals surface area contributed by atoms with Gasteiger partial charge in [-0.1, -0.05) is 6.92 Å². The molecule has 1 amide bonds. The van der Waals surface area contributed by atoms with Gasteiger partial charge >= 0.3 is 12.1 Å². The van der Waals surface area contributed by atoms with E-state index in [9.17, 15) is 27.6 Å². The van der Waals surface area contributed by atoms with Crippen molar-refractivity contribution in [2.24, 2.45) is 0 Å². The van der Waals surface area contributed by atoms with Crippen LogP contribution in [0.5, 0.6) is 5.75 Å². The molecule has 3 rings (SSSR count). The fourth-order valence-electron chi connectivity index (χ4n) is 3.45. The molecule has 0 radical (unpaired) electrons. The van der Waals surface area contributed by atoms with E-state index in [1.165, 1.54) is 16.7 Å². The quantitative estimate of drug-likeness (QED) is 0.626. The molecule has 2 aromatic rings. The number of anilines is 3. The van der Waals surface area contributed by atoms with Gasteiger partial charge in [-0.3, -0.25) is 14.2 Å². The van der Waals surface area contributed by atoms with Crippen molar-refractivity contribution in [3.63, 3.8) is 0 Å². The lowest BCUT2D eigenvalue weighted by Gasteiger charge is -2.30. The minimum Gasteiger partial charge on any atom is -0.406 e. The summed E-state index contributed by atoms with van der Waals surface area (Å²) in [5.41, 5.74) is 5.04. The number of nitrogens with two attached hydrogens (primary N) is 1. The van der Waals surface area contributed by atoms with Crippen LogP contribution < -0.4 is 31.9 Å². The third kappa shape index (κ3) is 5.86. The molecule has 1 fully saturated rings. The second kappa shape index (κ2) is 9.98. The number of nitrogens with one attached hydrogen (secondary N) is 1. The first-order valence-corrected chi connectivity index (χ1v) is 10.2. The van der Waals surface area contributed by atoms with Crippen LogP contribution in [-0.2, 0) is 22.6 Å². The lowest BCUT2D eigenvalue weighted by atomic mass is 10.3. The van der Waals surface area contributed by atoms with Crippen LogP contribution in [0.25, 0.3) is 0 Å². The summed E-state index contributed by atoms with van der Waals surface area (Å²) in [4.78, 5) is 40.3. The van der Waals surface area contributed by atoms with Gasteiger partial charge in [0.1, 0.15) is 23.8 Å². The lowest BCUT2D eigenvalue weighted by molar-refractivity contribution is -0.274. The van der Waals surface area contributed by atoms with E-state index in [0.717, 1.165) is 16.7 Å². The van der Waals surface area contributed by atoms with Crippen LogP contribution in [0.2, 0.25) is 0 Å². The highest BCUT2D eigenvalue weighted by atomic mass is 19.4. The second-order valence-electron chi connectivity index (χ2n) is 7.28. The Morgan fingerprint density at radius 1 is 1.15 bits per heavy atom. The Kier molecular flexibility index (Phi) is 7.31. The van der Waals surface area contributed by atoms with Gasteiger partial charge in [-0.2, -0.15) is 0 Å². The molecular weight excluding hydrogens is 447 g/mol. The summed E-state index contributed by atoms with van der Waals surface area (Å²) < 4.78 is 48.0. The Morgan fingerprint density at radius 3 is 2.36 bits per heavy atom. The zero-order valence-corrected chi connectivity index (χ0v) is 17.9. The normalized spacial score (nSPS) is 14.2. The highest BCUT2D eigenvalue weighted by Crippen LogP contribution is 2.24. The minimum absolute atomic E-state index is 0.0330. The minimum atomic E-state index is -4.84. The van der Waals surface area contributed by atoms with Crippen LogP contribution in [0.3, 0.4) is 0 Å². The number of benzene rings is 1. The number of halogens is 3. The van der Waals surface area contributed by atoms with E-state index in [4.69, 9.17) is 10.5 Å². The Morgan fingerprint density at radius 2 is 1.79 bits per heavy atom. The van der Waals surface area contributed by atoms with Crippen molar-refractivity contribution in [2.45, 2.75) is 32.8 Å². The van der Waals surface area contributed by atoms with E-state index >= 15 is 0 Å². The van der Waals surface area contributed by atoms with E-state index in [1.807, 2.05) is 6.92 Å². The van der Waals surface area contributed by atoms with Crippen molar-refractivity contribution in [3.05, 3.63) is 45.1 Å². The van der Waals surface area contributed by atoms with E-state index in [2.05, 4.69) is 10.1 Å². The van der Waals surface area contributed by atoms with Crippen LogP contribution in [0.1, 0.15) is 13.3 Å². The maximum absolute atomic E-state index is 13.1. The summed E-state index contributed by atoms with van der Waals surface area (Å²) in [7, 11) is 0. The van der Waals surface area contributed by atoms with E-state index in [1.54, 1.807) is 4.90 Å². The number of ether oxygens (including phenoxy) is 2. The molecule has 2 heterocycles. The standard InChI is InChI=1S/C20H24F3N5O5/c1-2-7-27-17(24)16(26-8-10-32-11-9-26)18(30)28(19(27)31)12-15(29)25-13-3-5-14(6-4-13)33-20(21,22)23/h3-6H,2,7-12,24H2,1H3,(H,25,29). The van der Waals surface area contributed by atoms with Crippen molar-refractivity contribution in [1.82, 2.24) is 9.13 Å². The number of alkyl halides is 3. The zero-order valence-electron chi connectivity index (χ0n) is 17.9. The molecule has 0 spiro atoms. The number of carbonyl (C=O) groups is 1. The molecule has 1 aliphatic rings. The SMILES string of the molecule is CCCn1c(N)c(N2CCOCC2)c(=O)n(CC(=O)Nc2ccc(OC(F)(F)F)cc2)c1=O. The number of carbonyl (C=O) groups excluding carboxylic acids is 1. The Labute approximate surface area is 186 Å². The first kappa shape index (κ1) is 24.2. The molecule has 13 heteroatoms. The number of morpholine rings is 1. The van der Waals surface area contributed by atoms with Gasteiger partial charge in [-0.05, 0) is 30.7 Å². The lowest BCUT2D eigenvalue weighted by Crippen LogP contribution is -2.48. The highest BCUT2D eigenvalue weighted by Gasteiger charge is 2.31. The first-order chi connectivity index (χ1) is 15.6. The van der Waals surface area contributed by atoms with Gasteiger partial charge in [0.15, 0.2) is 0 Å². The summed E-state index contributed by atoms with van der Waals surface area (Å²) in [6.45, 7) is 3.09. The smallest absolute Gasteiger partial charge is 0.406 e. The Balaban J connectivity index is 1.86. The zero-order chi connectivity index (χ0) is 24.2. The molecule has 0 atom stereocenters. The van der Waals surface area contributed by atoms with Gasteiger partial charge in [0.05, 0.1) is 13.2 Å². The average molecular weight is 471 g/mol. The maximum atomic E-state index is 13.1. The first-order valence-electron chi connectivity index (χ1n) is 10.2. The molecule has 33 heavy (non-hydrogen) atoms. The van der Waals surface area contributed by atoms with E-state index < -0.39 is 35.8 Å². The molecule has 1 aromatic carbocycles. The fourth-order valence-corrected chi connectivity index (χ4v) is 3.45. The number of nitrogens with zero attached hydrogens (tertiary/aromatic N) is 3. The van der Waals surface area contributed by atoms with Crippen LogP contribution in [0.4, 0.5) is 30.4 Å². The molecule has 0 saturated carbocycles. The highest BCUT2D eigenvalue weighted by molar-refractivity contribution is 5.90. The molecule has 180 valence electrons. The van der Waals surface area contributed by atoms with Gasteiger partial charge in [0.25, 0.3) is 5.56 Å². The van der Waals surface area contributed by atoms with Crippen LogP contribution >= 0.6 is 0 Å². The van der Waals surface area contributed by atoms with Crippen molar-refractivity contribution in [2.75, 3.05) is 42.3 Å². The van der Waals surface area contributed by atoms with Crippen molar-refractivity contribution < 1.29 is 27.4 Å². The van der Waals surface area contributed by atoms with Crippen molar-refractivity contribution in [1.29, 1.82) is 0 Å². The molecule has 1 aliphatic heterocycles. The molecule has 0 unspecified atom stereocenters. The molecular formula is C20H24F3N5O5. The largest absolute Gasteiger partial charge is 0.573 e. The maximum Gasteiger partial charge on any atom is 0.573 e. The number of hydrogen-bond donors (Lipinski definition) is 2. The monoisotopic (exact) mass is 471 g/mol. The van der Waals surface area contributed by atoms with E-state index in [0.29, 0.717) is 32.7 Å². The molecule has 0 aliphatic carbocycles. The molecule has 3 N–H and O–H groups in total. The van der Waals surface area contributed by atoms with Crippen LogP contribution in [-0.4, -0.2) is 47.7 Å². The molecule has 1 aromatic heterocycles. The molecule has 1 saturated heterocycles. The summed E-state index contributed by atoms with van der Waals surface area (Å²) in [5.74, 6) is -1.13. The summed E-state index contributed by atoms with van der Waals surface area (Å²) >= 11 is 0. The summed E-state index contributed by atoms with van der Waals surface area (Å²) in [5, 5.41) is 2.45. The second-order valence-corrected chi connectivity index (χ2v) is 7.28. The fraction of sp³-hybridized carbons (Fsp3) is 0.450. The molecule has 0 bridgehead atoms. The van der Waals surface area contributed by atoms with Gasteiger partial charge in [0, 0.05) is 25.3 Å². The van der Waals surface area contributed by atoms with E-state index in [-0.39, 0.29) is 23.7 Å². The van der Waals surface area contributed by atoms with Crippen LogP contribution in [0, 0.1) is 0 Å². The predicted octanol–water partition coefficient (Wildman–Crippen LogP) is 1.38. The summed E-state index contributed by atoms with van der Waals surface area (Å²) in [6, 6.07) is 4.48. The van der Waals surface area contributed by atoms with Gasteiger partial charge in [-0.15, -0.1) is 13.2 Å². The van der Waals surface area contributed by atoms with Gasteiger partial charge in [0.2, 0.25) is 5.91 Å².